The monoisotopic (exact) mass is 183 g/mol. The van der Waals surface area contributed by atoms with E-state index < -0.39 is 0 Å². The van der Waals surface area contributed by atoms with Gasteiger partial charge in [0.05, 0.1) is 0 Å². The Morgan fingerprint density at radius 3 is 2.31 bits per heavy atom. The van der Waals surface area contributed by atoms with Crippen LogP contribution < -0.4 is 0 Å². The fourth-order valence-electron chi connectivity index (χ4n) is 1.32. The Hall–Kier alpha value is -0.790. The van der Waals surface area contributed by atoms with E-state index in [1.165, 1.54) is 0 Å². The van der Waals surface area contributed by atoms with Crippen LogP contribution in [0.1, 0.15) is 34.1 Å². The summed E-state index contributed by atoms with van der Waals surface area (Å²) in [4.78, 5) is 13.2. The van der Waals surface area contributed by atoms with Crippen molar-refractivity contribution in [1.82, 2.24) is 4.90 Å². The lowest BCUT2D eigenvalue weighted by molar-refractivity contribution is -0.126. The molecule has 0 aromatic rings. The fourth-order valence-corrected chi connectivity index (χ4v) is 1.32. The van der Waals surface area contributed by atoms with Crippen LogP contribution >= 0.6 is 0 Å². The van der Waals surface area contributed by atoms with Crippen molar-refractivity contribution in [3.63, 3.8) is 0 Å². The first kappa shape index (κ1) is 12.2. The number of rotatable bonds is 4. The van der Waals surface area contributed by atoms with Gasteiger partial charge in [0.2, 0.25) is 5.91 Å². The first-order valence-corrected chi connectivity index (χ1v) is 4.88. The molecule has 0 fully saturated rings. The van der Waals surface area contributed by atoms with E-state index in [0.29, 0.717) is 12.0 Å². The van der Waals surface area contributed by atoms with Gasteiger partial charge in [0.1, 0.15) is 0 Å². The van der Waals surface area contributed by atoms with Gasteiger partial charge < -0.3 is 4.90 Å². The SMILES string of the molecule is CC=CC(=O)N(C)C(C)CC(C)C. The van der Waals surface area contributed by atoms with Crippen LogP contribution in [0.4, 0.5) is 0 Å². The van der Waals surface area contributed by atoms with Crippen molar-refractivity contribution in [1.29, 1.82) is 0 Å². The van der Waals surface area contributed by atoms with E-state index >= 15 is 0 Å². The van der Waals surface area contributed by atoms with Gasteiger partial charge in [0.25, 0.3) is 0 Å². The molecule has 0 saturated heterocycles. The molecule has 1 unspecified atom stereocenters. The Labute approximate surface area is 81.6 Å². The molecule has 0 N–H and O–H groups in total. The molecule has 13 heavy (non-hydrogen) atoms. The standard InChI is InChI=1S/C11H21NO/c1-6-7-11(13)12(5)10(4)8-9(2)3/h6-7,9-10H,8H2,1-5H3. The minimum Gasteiger partial charge on any atom is -0.340 e. The lowest BCUT2D eigenvalue weighted by atomic mass is 10.0. The lowest BCUT2D eigenvalue weighted by Gasteiger charge is -2.25. The third-order valence-corrected chi connectivity index (χ3v) is 2.13. The van der Waals surface area contributed by atoms with Crippen LogP contribution in [0.5, 0.6) is 0 Å². The minimum atomic E-state index is 0.0932. The summed E-state index contributed by atoms with van der Waals surface area (Å²) in [5.74, 6) is 0.728. The van der Waals surface area contributed by atoms with Gasteiger partial charge in [0.15, 0.2) is 0 Å². The van der Waals surface area contributed by atoms with Crippen molar-refractivity contribution < 1.29 is 4.79 Å². The molecule has 2 heteroatoms. The first-order valence-electron chi connectivity index (χ1n) is 4.88. The molecule has 0 aliphatic rings. The molecule has 0 aromatic heterocycles. The van der Waals surface area contributed by atoms with Gasteiger partial charge in [-0.3, -0.25) is 4.79 Å². The van der Waals surface area contributed by atoms with Crippen LogP contribution in [0.25, 0.3) is 0 Å². The van der Waals surface area contributed by atoms with Gasteiger partial charge in [-0.25, -0.2) is 0 Å². The molecule has 0 aromatic carbocycles. The van der Waals surface area contributed by atoms with E-state index in [1.807, 2.05) is 14.0 Å². The molecular formula is C11H21NO. The predicted octanol–water partition coefficient (Wildman–Crippen LogP) is 2.46. The summed E-state index contributed by atoms with van der Waals surface area (Å²) in [6.45, 7) is 8.29. The van der Waals surface area contributed by atoms with Crippen molar-refractivity contribution in [2.45, 2.75) is 40.2 Å². The molecule has 0 aliphatic carbocycles. The van der Waals surface area contributed by atoms with Crippen LogP contribution in [0.2, 0.25) is 0 Å². The van der Waals surface area contributed by atoms with Crippen LogP contribution in [-0.4, -0.2) is 23.9 Å². The predicted molar refractivity (Wildman–Crippen MR) is 56.5 cm³/mol. The summed E-state index contributed by atoms with van der Waals surface area (Å²) in [6, 6.07) is 0.323. The zero-order chi connectivity index (χ0) is 10.4. The zero-order valence-electron chi connectivity index (χ0n) is 9.37. The van der Waals surface area contributed by atoms with Crippen molar-refractivity contribution in [3.05, 3.63) is 12.2 Å². The Bertz CT molecular complexity index is 185. The highest BCUT2D eigenvalue weighted by Crippen LogP contribution is 2.09. The minimum absolute atomic E-state index is 0.0932. The van der Waals surface area contributed by atoms with E-state index in [4.69, 9.17) is 0 Å². The molecule has 1 amide bonds. The molecule has 0 bridgehead atoms. The molecule has 0 aliphatic heterocycles. The molecule has 0 saturated carbocycles. The smallest absolute Gasteiger partial charge is 0.246 e. The van der Waals surface area contributed by atoms with Gasteiger partial charge >= 0.3 is 0 Å². The summed E-state index contributed by atoms with van der Waals surface area (Å²) in [6.07, 6.45) is 4.44. The average molecular weight is 183 g/mol. The fraction of sp³-hybridized carbons (Fsp3) is 0.727. The van der Waals surface area contributed by atoms with Crippen molar-refractivity contribution in [3.8, 4) is 0 Å². The van der Waals surface area contributed by atoms with Gasteiger partial charge in [-0.2, -0.15) is 0 Å². The van der Waals surface area contributed by atoms with Crippen LogP contribution in [-0.2, 0) is 4.79 Å². The second-order valence-electron chi connectivity index (χ2n) is 3.93. The van der Waals surface area contributed by atoms with Crippen molar-refractivity contribution >= 4 is 5.91 Å². The van der Waals surface area contributed by atoms with E-state index in [-0.39, 0.29) is 5.91 Å². The third kappa shape index (κ3) is 4.71. The highest BCUT2D eigenvalue weighted by Gasteiger charge is 2.13. The van der Waals surface area contributed by atoms with Crippen LogP contribution in [0, 0.1) is 5.92 Å². The Balaban J connectivity index is 4.08. The number of nitrogens with zero attached hydrogens (tertiary/aromatic N) is 1. The highest BCUT2D eigenvalue weighted by molar-refractivity contribution is 5.87. The van der Waals surface area contributed by atoms with E-state index in [0.717, 1.165) is 6.42 Å². The molecule has 0 radical (unpaired) electrons. The van der Waals surface area contributed by atoms with Crippen LogP contribution in [0.3, 0.4) is 0 Å². The van der Waals surface area contributed by atoms with Crippen LogP contribution in [0.15, 0.2) is 12.2 Å². The molecular weight excluding hydrogens is 162 g/mol. The quantitative estimate of drug-likeness (QED) is 0.613. The number of carbonyl (C=O) groups excluding carboxylic acids is 1. The van der Waals surface area contributed by atoms with Crippen molar-refractivity contribution in [2.75, 3.05) is 7.05 Å². The van der Waals surface area contributed by atoms with Gasteiger partial charge in [-0.15, -0.1) is 0 Å². The second kappa shape index (κ2) is 5.79. The summed E-state index contributed by atoms with van der Waals surface area (Å²) in [7, 11) is 1.86. The molecule has 0 heterocycles. The number of carbonyl (C=O) groups is 1. The van der Waals surface area contributed by atoms with Gasteiger partial charge in [0, 0.05) is 13.1 Å². The topological polar surface area (TPSA) is 20.3 Å². The maximum atomic E-state index is 11.4. The number of hydrogen-bond acceptors (Lipinski definition) is 1. The molecule has 0 rings (SSSR count). The average Bonchev–Trinajstić information content (AvgIpc) is 2.02. The van der Waals surface area contributed by atoms with E-state index in [9.17, 15) is 4.79 Å². The number of likely N-dealkylation sites (N-methyl/N-ethyl adjacent to an activating group) is 1. The summed E-state index contributed by atoms with van der Waals surface area (Å²) >= 11 is 0. The Morgan fingerprint density at radius 1 is 1.38 bits per heavy atom. The largest absolute Gasteiger partial charge is 0.340 e. The van der Waals surface area contributed by atoms with Gasteiger partial charge in [-0.1, -0.05) is 19.9 Å². The zero-order valence-corrected chi connectivity index (χ0v) is 9.37. The second-order valence-corrected chi connectivity index (χ2v) is 3.93. The van der Waals surface area contributed by atoms with Crippen molar-refractivity contribution in [2.24, 2.45) is 5.92 Å². The maximum Gasteiger partial charge on any atom is 0.246 e. The van der Waals surface area contributed by atoms with Gasteiger partial charge in [-0.05, 0) is 32.3 Å². The number of hydrogen-bond donors (Lipinski definition) is 0. The van der Waals surface area contributed by atoms with E-state index in [1.54, 1.807) is 17.1 Å². The number of amides is 1. The third-order valence-electron chi connectivity index (χ3n) is 2.13. The molecule has 2 nitrogen and oxygen atoms in total. The Kier molecular flexibility index (Phi) is 5.44. The molecule has 0 spiro atoms. The normalized spacial score (nSPS) is 13.7. The maximum absolute atomic E-state index is 11.4. The summed E-state index contributed by atoms with van der Waals surface area (Å²) in [5.41, 5.74) is 0. The lowest BCUT2D eigenvalue weighted by Crippen LogP contribution is -2.34. The Morgan fingerprint density at radius 2 is 1.92 bits per heavy atom. The molecule has 1 atom stereocenters. The van der Waals surface area contributed by atoms with E-state index in [2.05, 4.69) is 20.8 Å². The molecule has 76 valence electrons. The number of allylic oxidation sites excluding steroid dienone is 1. The summed E-state index contributed by atoms with van der Waals surface area (Å²) < 4.78 is 0. The summed E-state index contributed by atoms with van der Waals surface area (Å²) in [5, 5.41) is 0. The highest BCUT2D eigenvalue weighted by atomic mass is 16.2. The first-order chi connectivity index (χ1) is 5.99.